The van der Waals surface area contributed by atoms with Crippen LogP contribution in [0.2, 0.25) is 0 Å². The van der Waals surface area contributed by atoms with Gasteiger partial charge in [-0.15, -0.1) is 0 Å². The third-order valence-corrected chi connectivity index (χ3v) is 4.43. The standard InChI is InChI=1S/C18H12O3/c19-15-12-6-5-11-7-9-3-1-2-4-10(9)8-13(11)14(12)17-18(21-17)16(15)20/h1-8,15-16,19-20H/t15-,16-/m1/s1. The van der Waals surface area contributed by atoms with Crippen LogP contribution in [0.5, 0.6) is 0 Å². The second-order valence-electron chi connectivity index (χ2n) is 5.64. The summed E-state index contributed by atoms with van der Waals surface area (Å²) < 4.78 is 5.43. The van der Waals surface area contributed by atoms with E-state index >= 15 is 0 Å². The van der Waals surface area contributed by atoms with E-state index in [4.69, 9.17) is 4.74 Å². The minimum absolute atomic E-state index is 0.510. The van der Waals surface area contributed by atoms with Crippen molar-refractivity contribution in [3.8, 4) is 0 Å². The number of fused-ring (bicyclic) bond motifs is 5. The Labute approximate surface area is 120 Å². The molecule has 2 N–H and O–H groups in total. The molecule has 0 aromatic heterocycles. The van der Waals surface area contributed by atoms with Crippen molar-refractivity contribution in [3.63, 3.8) is 0 Å². The Morgan fingerprint density at radius 3 is 2.38 bits per heavy atom. The Bertz CT molecular complexity index is 955. The minimum Gasteiger partial charge on any atom is -0.451 e. The molecule has 3 nitrogen and oxygen atoms in total. The largest absolute Gasteiger partial charge is 0.451 e. The average Bonchev–Trinajstić information content (AvgIpc) is 3.30. The minimum atomic E-state index is -0.939. The van der Waals surface area contributed by atoms with Crippen LogP contribution < -0.4 is 0 Å². The number of benzene rings is 3. The maximum Gasteiger partial charge on any atom is 0.179 e. The zero-order valence-electron chi connectivity index (χ0n) is 11.1. The summed E-state index contributed by atoms with van der Waals surface area (Å²) in [6, 6.07) is 16.3. The van der Waals surface area contributed by atoms with Crippen LogP contribution in [0, 0.1) is 0 Å². The first-order valence-corrected chi connectivity index (χ1v) is 6.98. The van der Waals surface area contributed by atoms with E-state index in [1.54, 1.807) is 0 Å². The van der Waals surface area contributed by atoms with Crippen molar-refractivity contribution < 1.29 is 14.9 Å². The van der Waals surface area contributed by atoms with Gasteiger partial charge in [0, 0.05) is 5.56 Å². The van der Waals surface area contributed by atoms with E-state index in [0.717, 1.165) is 33.0 Å². The second-order valence-corrected chi connectivity index (χ2v) is 5.64. The van der Waals surface area contributed by atoms with E-state index in [0.29, 0.717) is 5.76 Å². The summed E-state index contributed by atoms with van der Waals surface area (Å²) in [7, 11) is 0. The smallest absolute Gasteiger partial charge is 0.179 e. The molecule has 3 heteroatoms. The molecule has 0 spiro atoms. The van der Waals surface area contributed by atoms with E-state index in [9.17, 15) is 10.2 Å². The summed E-state index contributed by atoms with van der Waals surface area (Å²) in [5.74, 6) is 1.24. The normalized spacial score (nSPS) is 23.0. The molecule has 0 amide bonds. The third kappa shape index (κ3) is 1.39. The lowest BCUT2D eigenvalue weighted by atomic mass is 9.88. The Hall–Kier alpha value is -2.36. The summed E-state index contributed by atoms with van der Waals surface area (Å²) in [4.78, 5) is 0. The van der Waals surface area contributed by atoms with Crippen LogP contribution in [0.3, 0.4) is 0 Å². The monoisotopic (exact) mass is 276 g/mol. The molecule has 0 bridgehead atoms. The number of aliphatic hydroxyl groups is 2. The summed E-state index contributed by atoms with van der Waals surface area (Å²) in [6.45, 7) is 0. The van der Waals surface area contributed by atoms with Crippen LogP contribution in [-0.2, 0) is 4.74 Å². The Morgan fingerprint density at radius 2 is 1.57 bits per heavy atom. The van der Waals surface area contributed by atoms with Gasteiger partial charge in [0.1, 0.15) is 12.2 Å². The highest BCUT2D eigenvalue weighted by Gasteiger charge is 2.45. The van der Waals surface area contributed by atoms with Gasteiger partial charge in [0.2, 0.25) is 0 Å². The molecule has 102 valence electrons. The predicted molar refractivity (Wildman–Crippen MR) is 80.4 cm³/mol. The zero-order chi connectivity index (χ0) is 14.1. The van der Waals surface area contributed by atoms with E-state index in [1.807, 2.05) is 24.3 Å². The summed E-state index contributed by atoms with van der Waals surface area (Å²) in [6.07, 6.45) is -1.86. The maximum atomic E-state index is 10.2. The lowest BCUT2D eigenvalue weighted by Crippen LogP contribution is -2.20. The molecule has 21 heavy (non-hydrogen) atoms. The lowest BCUT2D eigenvalue weighted by Gasteiger charge is -2.19. The average molecular weight is 276 g/mol. The van der Waals surface area contributed by atoms with Gasteiger partial charge in [0.15, 0.2) is 11.5 Å². The summed E-state index contributed by atoms with van der Waals surface area (Å²) in [5.41, 5.74) is 1.66. The summed E-state index contributed by atoms with van der Waals surface area (Å²) in [5, 5.41) is 24.7. The highest BCUT2D eigenvalue weighted by Crippen LogP contribution is 2.51. The molecule has 3 aromatic carbocycles. The van der Waals surface area contributed by atoms with Gasteiger partial charge in [-0.2, -0.15) is 0 Å². The van der Waals surface area contributed by atoms with Crippen molar-refractivity contribution in [2.45, 2.75) is 12.2 Å². The summed E-state index contributed by atoms with van der Waals surface area (Å²) >= 11 is 0. The van der Waals surface area contributed by atoms with Gasteiger partial charge in [-0.3, -0.25) is 0 Å². The fourth-order valence-corrected chi connectivity index (χ4v) is 3.30. The third-order valence-electron chi connectivity index (χ3n) is 4.43. The first-order chi connectivity index (χ1) is 10.2. The Kier molecular flexibility index (Phi) is 1.96. The van der Waals surface area contributed by atoms with Crippen molar-refractivity contribution >= 4 is 27.3 Å². The molecule has 0 radical (unpaired) electrons. The van der Waals surface area contributed by atoms with Crippen molar-refractivity contribution in [1.29, 1.82) is 0 Å². The van der Waals surface area contributed by atoms with E-state index in [2.05, 4.69) is 24.3 Å². The quantitative estimate of drug-likeness (QED) is 0.620. The molecule has 2 atom stereocenters. The SMILES string of the molecule is O[C@@H]1c2ccc3cc4ccccc4cc3c2C2=C(O2)[C@@H]1O. The van der Waals surface area contributed by atoms with Crippen molar-refractivity contribution in [3.05, 3.63) is 65.4 Å². The van der Waals surface area contributed by atoms with Gasteiger partial charge >= 0.3 is 0 Å². The molecular formula is C18H12O3. The van der Waals surface area contributed by atoms with Gasteiger partial charge in [-0.05, 0) is 39.2 Å². The van der Waals surface area contributed by atoms with Crippen molar-refractivity contribution in [2.24, 2.45) is 0 Å². The Morgan fingerprint density at radius 1 is 0.810 bits per heavy atom. The van der Waals surface area contributed by atoms with Gasteiger partial charge in [-0.25, -0.2) is 0 Å². The lowest BCUT2D eigenvalue weighted by molar-refractivity contribution is 0.0325. The second kappa shape index (κ2) is 3.64. The van der Waals surface area contributed by atoms with Crippen LogP contribution in [0.15, 0.2) is 54.3 Å². The van der Waals surface area contributed by atoms with E-state index in [1.165, 1.54) is 5.39 Å². The van der Waals surface area contributed by atoms with Crippen LogP contribution in [0.1, 0.15) is 17.2 Å². The first kappa shape index (κ1) is 11.3. The number of aliphatic hydroxyl groups excluding tert-OH is 2. The van der Waals surface area contributed by atoms with Gasteiger partial charge in [-0.1, -0.05) is 36.4 Å². The van der Waals surface area contributed by atoms with Crippen molar-refractivity contribution in [1.82, 2.24) is 0 Å². The van der Waals surface area contributed by atoms with Gasteiger partial charge in [0.25, 0.3) is 0 Å². The molecule has 1 aliphatic heterocycles. The Balaban J connectivity index is 1.92. The highest BCUT2D eigenvalue weighted by molar-refractivity contribution is 6.05. The molecular weight excluding hydrogens is 264 g/mol. The molecule has 2 aliphatic rings. The molecule has 5 rings (SSSR count). The molecule has 1 aliphatic carbocycles. The van der Waals surface area contributed by atoms with Gasteiger partial charge < -0.3 is 14.9 Å². The fourth-order valence-electron chi connectivity index (χ4n) is 3.30. The van der Waals surface area contributed by atoms with E-state index in [-0.39, 0.29) is 0 Å². The number of ether oxygens (including phenoxy) is 1. The van der Waals surface area contributed by atoms with Crippen LogP contribution in [0.4, 0.5) is 0 Å². The molecule has 0 fully saturated rings. The fraction of sp³-hybridized carbons (Fsp3) is 0.111. The molecule has 0 saturated carbocycles. The highest BCUT2D eigenvalue weighted by atomic mass is 16.6. The van der Waals surface area contributed by atoms with Crippen LogP contribution in [-0.4, -0.2) is 16.3 Å². The number of hydrogen-bond donors (Lipinski definition) is 2. The van der Waals surface area contributed by atoms with Crippen LogP contribution >= 0.6 is 0 Å². The zero-order valence-corrected chi connectivity index (χ0v) is 11.1. The number of hydrogen-bond acceptors (Lipinski definition) is 3. The first-order valence-electron chi connectivity index (χ1n) is 6.98. The molecule has 0 saturated heterocycles. The van der Waals surface area contributed by atoms with E-state index < -0.39 is 12.2 Å². The van der Waals surface area contributed by atoms with Gasteiger partial charge in [0.05, 0.1) is 0 Å². The molecule has 1 heterocycles. The number of rotatable bonds is 0. The molecule has 3 aromatic rings. The maximum absolute atomic E-state index is 10.2. The van der Waals surface area contributed by atoms with Crippen LogP contribution in [0.25, 0.3) is 27.3 Å². The van der Waals surface area contributed by atoms with Crippen molar-refractivity contribution in [2.75, 3.05) is 0 Å². The predicted octanol–water partition coefficient (Wildman–Crippen LogP) is 3.10. The topological polar surface area (TPSA) is 53.0 Å². The molecule has 0 unspecified atom stereocenters.